The Labute approximate surface area is 95.9 Å². The van der Waals surface area contributed by atoms with Gasteiger partial charge in [-0.25, -0.2) is 0 Å². The SMILES string of the molecule is C#CCOc1cc(Cl)c([N+](=O)[O-])cc1Cl. The fourth-order valence-electron chi connectivity index (χ4n) is 0.888. The van der Waals surface area contributed by atoms with Crippen LogP contribution < -0.4 is 4.74 Å². The zero-order chi connectivity index (χ0) is 11.4. The molecular weight excluding hydrogens is 241 g/mol. The lowest BCUT2D eigenvalue weighted by atomic mass is 10.3. The molecule has 0 aliphatic rings. The zero-order valence-electron chi connectivity index (χ0n) is 7.37. The minimum Gasteiger partial charge on any atom is -0.479 e. The van der Waals surface area contributed by atoms with Crippen molar-refractivity contribution in [3.05, 3.63) is 32.3 Å². The highest BCUT2D eigenvalue weighted by molar-refractivity contribution is 6.35. The largest absolute Gasteiger partial charge is 0.479 e. The van der Waals surface area contributed by atoms with Crippen molar-refractivity contribution in [3.63, 3.8) is 0 Å². The maximum absolute atomic E-state index is 10.5. The van der Waals surface area contributed by atoms with Crippen LogP contribution in [0, 0.1) is 22.5 Å². The molecule has 0 aliphatic carbocycles. The Morgan fingerprint density at radius 3 is 2.67 bits per heavy atom. The van der Waals surface area contributed by atoms with E-state index in [9.17, 15) is 10.1 Å². The zero-order valence-corrected chi connectivity index (χ0v) is 8.88. The van der Waals surface area contributed by atoms with Crippen LogP contribution in [0.25, 0.3) is 0 Å². The Morgan fingerprint density at radius 2 is 2.13 bits per heavy atom. The highest BCUT2D eigenvalue weighted by atomic mass is 35.5. The predicted molar refractivity (Wildman–Crippen MR) is 57.4 cm³/mol. The van der Waals surface area contributed by atoms with E-state index in [0.29, 0.717) is 0 Å². The Hall–Kier alpha value is -1.44. The Morgan fingerprint density at radius 1 is 1.47 bits per heavy atom. The number of terminal acetylenes is 1. The number of rotatable bonds is 3. The first-order valence-electron chi connectivity index (χ1n) is 3.76. The highest BCUT2D eigenvalue weighted by Gasteiger charge is 2.16. The first kappa shape index (κ1) is 11.6. The lowest BCUT2D eigenvalue weighted by Crippen LogP contribution is -1.96. The highest BCUT2D eigenvalue weighted by Crippen LogP contribution is 2.35. The van der Waals surface area contributed by atoms with Gasteiger partial charge < -0.3 is 4.74 Å². The van der Waals surface area contributed by atoms with E-state index in [1.54, 1.807) is 0 Å². The lowest BCUT2D eigenvalue weighted by Gasteiger charge is -2.05. The second-order valence-corrected chi connectivity index (χ2v) is 3.30. The summed E-state index contributed by atoms with van der Waals surface area (Å²) in [7, 11) is 0. The Balaban J connectivity index is 3.09. The van der Waals surface area contributed by atoms with Crippen LogP contribution in [0.3, 0.4) is 0 Å². The van der Waals surface area contributed by atoms with Crippen molar-refractivity contribution in [3.8, 4) is 18.1 Å². The maximum atomic E-state index is 10.5. The molecule has 0 amide bonds. The molecule has 78 valence electrons. The molecule has 0 heterocycles. The second-order valence-electron chi connectivity index (χ2n) is 2.48. The molecule has 1 rings (SSSR count). The predicted octanol–water partition coefficient (Wildman–Crippen LogP) is 2.91. The first-order chi connectivity index (χ1) is 7.06. The van der Waals surface area contributed by atoms with Crippen LogP contribution >= 0.6 is 23.2 Å². The van der Waals surface area contributed by atoms with Gasteiger partial charge in [0.1, 0.15) is 17.4 Å². The summed E-state index contributed by atoms with van der Waals surface area (Å²) in [5.74, 6) is 2.47. The number of nitrogens with zero attached hydrogens (tertiary/aromatic N) is 1. The summed E-state index contributed by atoms with van der Waals surface area (Å²) in [5.41, 5.74) is -0.269. The number of benzene rings is 1. The normalized spacial score (nSPS) is 9.40. The number of hydrogen-bond acceptors (Lipinski definition) is 3. The van der Waals surface area contributed by atoms with Crippen molar-refractivity contribution < 1.29 is 9.66 Å². The van der Waals surface area contributed by atoms with E-state index >= 15 is 0 Å². The minimum absolute atomic E-state index is 0.0217. The maximum Gasteiger partial charge on any atom is 0.289 e. The summed E-state index contributed by atoms with van der Waals surface area (Å²) in [6.45, 7) is 0.0217. The van der Waals surface area contributed by atoms with Crippen molar-refractivity contribution in [2.75, 3.05) is 6.61 Å². The summed E-state index contributed by atoms with van der Waals surface area (Å²) in [4.78, 5) is 9.86. The molecule has 1 aromatic rings. The standard InChI is InChI=1S/C9H5Cl2NO3/c1-2-3-15-9-5-6(10)8(12(13)14)4-7(9)11/h1,4-5H,3H2. The molecule has 0 saturated heterocycles. The molecule has 15 heavy (non-hydrogen) atoms. The molecule has 0 N–H and O–H groups in total. The minimum atomic E-state index is -0.626. The quantitative estimate of drug-likeness (QED) is 0.468. The monoisotopic (exact) mass is 245 g/mol. The van der Waals surface area contributed by atoms with Crippen LogP contribution in [0.1, 0.15) is 0 Å². The van der Waals surface area contributed by atoms with Gasteiger partial charge in [0, 0.05) is 12.1 Å². The number of halogens is 2. The third kappa shape index (κ3) is 2.75. The molecule has 6 heteroatoms. The molecular formula is C9H5Cl2NO3. The van der Waals surface area contributed by atoms with Crippen LogP contribution in [-0.4, -0.2) is 11.5 Å². The number of hydrogen-bond donors (Lipinski definition) is 0. The molecule has 0 aromatic heterocycles. The fraction of sp³-hybridized carbons (Fsp3) is 0.111. The first-order valence-corrected chi connectivity index (χ1v) is 4.51. The average molecular weight is 246 g/mol. The van der Waals surface area contributed by atoms with E-state index in [2.05, 4.69) is 5.92 Å². The van der Waals surface area contributed by atoms with Gasteiger partial charge in [-0.05, 0) is 0 Å². The molecule has 1 aromatic carbocycles. The van der Waals surface area contributed by atoms with Crippen molar-refractivity contribution in [1.82, 2.24) is 0 Å². The van der Waals surface area contributed by atoms with Crippen molar-refractivity contribution in [1.29, 1.82) is 0 Å². The van der Waals surface area contributed by atoms with Crippen molar-refractivity contribution >= 4 is 28.9 Å². The third-order valence-corrected chi connectivity index (χ3v) is 2.11. The van der Waals surface area contributed by atoms with Gasteiger partial charge in [-0.15, -0.1) is 6.42 Å². The third-order valence-electron chi connectivity index (χ3n) is 1.51. The van der Waals surface area contributed by atoms with Gasteiger partial charge in [-0.2, -0.15) is 0 Å². The van der Waals surface area contributed by atoms with E-state index < -0.39 is 4.92 Å². The van der Waals surface area contributed by atoms with Gasteiger partial charge in [0.25, 0.3) is 5.69 Å². The summed E-state index contributed by atoms with van der Waals surface area (Å²) >= 11 is 11.4. The lowest BCUT2D eigenvalue weighted by molar-refractivity contribution is -0.384. The van der Waals surface area contributed by atoms with E-state index in [1.807, 2.05) is 0 Å². The van der Waals surface area contributed by atoms with E-state index in [4.69, 9.17) is 34.4 Å². The van der Waals surface area contributed by atoms with Gasteiger partial charge in [-0.3, -0.25) is 10.1 Å². The summed E-state index contributed by atoms with van der Waals surface area (Å²) in [6, 6.07) is 2.38. The molecule has 0 radical (unpaired) electrons. The molecule has 0 saturated carbocycles. The Kier molecular flexibility index (Phi) is 3.78. The van der Waals surface area contributed by atoms with Crippen LogP contribution in [0.4, 0.5) is 5.69 Å². The van der Waals surface area contributed by atoms with E-state index in [-0.39, 0.29) is 28.1 Å². The molecule has 0 unspecified atom stereocenters. The van der Waals surface area contributed by atoms with Gasteiger partial charge in [0.05, 0.1) is 9.95 Å². The summed E-state index contributed by atoms with van der Waals surface area (Å²) in [5, 5.41) is 10.5. The molecule has 0 fully saturated rings. The molecule has 4 nitrogen and oxygen atoms in total. The van der Waals surface area contributed by atoms with Crippen molar-refractivity contribution in [2.24, 2.45) is 0 Å². The van der Waals surface area contributed by atoms with Crippen LogP contribution in [-0.2, 0) is 0 Å². The van der Waals surface area contributed by atoms with Gasteiger partial charge in [0.2, 0.25) is 0 Å². The van der Waals surface area contributed by atoms with Gasteiger partial charge in [0.15, 0.2) is 0 Å². The average Bonchev–Trinajstić information content (AvgIpc) is 2.18. The number of nitro groups is 1. The smallest absolute Gasteiger partial charge is 0.289 e. The van der Waals surface area contributed by atoms with Crippen molar-refractivity contribution in [2.45, 2.75) is 0 Å². The fourth-order valence-corrected chi connectivity index (χ4v) is 1.32. The Bertz CT molecular complexity index is 440. The molecule has 0 bridgehead atoms. The topological polar surface area (TPSA) is 52.4 Å². The van der Waals surface area contributed by atoms with Crippen LogP contribution in [0.2, 0.25) is 10.0 Å². The summed E-state index contributed by atoms with van der Waals surface area (Å²) < 4.78 is 5.03. The van der Waals surface area contributed by atoms with Crippen LogP contribution in [0.5, 0.6) is 5.75 Å². The van der Waals surface area contributed by atoms with Crippen LogP contribution in [0.15, 0.2) is 12.1 Å². The van der Waals surface area contributed by atoms with Gasteiger partial charge in [-0.1, -0.05) is 29.1 Å². The van der Waals surface area contributed by atoms with E-state index in [1.165, 1.54) is 6.07 Å². The summed E-state index contributed by atoms with van der Waals surface area (Å²) in [6.07, 6.45) is 4.98. The molecule has 0 spiro atoms. The van der Waals surface area contributed by atoms with E-state index in [0.717, 1.165) is 6.07 Å². The number of nitro benzene ring substituents is 1. The number of ether oxygens (including phenoxy) is 1. The second kappa shape index (κ2) is 4.87. The molecule has 0 aliphatic heterocycles. The van der Waals surface area contributed by atoms with Gasteiger partial charge >= 0.3 is 0 Å². The molecule has 0 atom stereocenters.